The fourth-order valence-corrected chi connectivity index (χ4v) is 2.43. The van der Waals surface area contributed by atoms with Gasteiger partial charge in [-0.3, -0.25) is 9.59 Å². The van der Waals surface area contributed by atoms with Crippen molar-refractivity contribution in [3.05, 3.63) is 72.9 Å². The Bertz CT molecular complexity index is 943. The van der Waals surface area contributed by atoms with Crippen molar-refractivity contribution >= 4 is 34.7 Å². The highest BCUT2D eigenvalue weighted by molar-refractivity contribution is 5.92. The van der Waals surface area contributed by atoms with Gasteiger partial charge in [-0.2, -0.15) is 0 Å². The number of hydrogen-bond donors (Lipinski definition) is 3. The molecule has 0 saturated carbocycles. The van der Waals surface area contributed by atoms with Gasteiger partial charge in [0, 0.05) is 18.3 Å². The van der Waals surface area contributed by atoms with Crippen LogP contribution in [0, 0.1) is 0 Å². The summed E-state index contributed by atoms with van der Waals surface area (Å²) in [5, 5.41) is 8.60. The van der Waals surface area contributed by atoms with E-state index in [1.54, 1.807) is 42.6 Å². The lowest BCUT2D eigenvalue weighted by atomic mass is 10.2. The highest BCUT2D eigenvalue weighted by Crippen LogP contribution is 2.20. The number of para-hydroxylation sites is 1. The summed E-state index contributed by atoms with van der Waals surface area (Å²) in [5.41, 5.74) is 2.05. The summed E-state index contributed by atoms with van der Waals surface area (Å²) in [4.78, 5) is 27.4. The standard InChI is InChI=1S/C21H20N4O3/c1-15(26)23-16-6-5-7-17(12-16)24-20-11-10-18(13-22-20)25-21(27)14-28-19-8-3-2-4-9-19/h2-13H,14H2,1H3,(H,22,24)(H,23,26)(H,25,27). The van der Waals surface area contributed by atoms with Crippen molar-refractivity contribution < 1.29 is 14.3 Å². The normalized spacial score (nSPS) is 10.0. The number of nitrogens with zero attached hydrogens (tertiary/aromatic N) is 1. The Balaban J connectivity index is 1.53. The van der Waals surface area contributed by atoms with Gasteiger partial charge in [-0.25, -0.2) is 4.98 Å². The molecule has 0 aliphatic rings. The van der Waals surface area contributed by atoms with Gasteiger partial charge in [0.25, 0.3) is 5.91 Å². The van der Waals surface area contributed by atoms with E-state index in [-0.39, 0.29) is 18.4 Å². The Morgan fingerprint density at radius 2 is 1.68 bits per heavy atom. The van der Waals surface area contributed by atoms with E-state index in [0.717, 1.165) is 5.69 Å². The van der Waals surface area contributed by atoms with Crippen LogP contribution >= 0.6 is 0 Å². The molecule has 0 aliphatic carbocycles. The maximum absolute atomic E-state index is 12.0. The number of aromatic nitrogens is 1. The third-order valence-corrected chi connectivity index (χ3v) is 3.62. The van der Waals surface area contributed by atoms with Gasteiger partial charge in [0.05, 0.1) is 11.9 Å². The third kappa shape index (κ3) is 5.84. The Morgan fingerprint density at radius 3 is 2.39 bits per heavy atom. The van der Waals surface area contributed by atoms with E-state index in [0.29, 0.717) is 22.9 Å². The number of carbonyl (C=O) groups is 2. The molecule has 3 rings (SSSR count). The van der Waals surface area contributed by atoms with Crippen LogP contribution in [0.15, 0.2) is 72.9 Å². The highest BCUT2D eigenvalue weighted by atomic mass is 16.5. The van der Waals surface area contributed by atoms with Crippen LogP contribution in [0.5, 0.6) is 5.75 Å². The second-order valence-electron chi connectivity index (χ2n) is 5.97. The average Bonchev–Trinajstić information content (AvgIpc) is 2.68. The largest absolute Gasteiger partial charge is 0.484 e. The maximum Gasteiger partial charge on any atom is 0.262 e. The molecule has 3 aromatic rings. The predicted octanol–water partition coefficient (Wildman–Crippen LogP) is 3.80. The van der Waals surface area contributed by atoms with E-state index in [2.05, 4.69) is 20.9 Å². The monoisotopic (exact) mass is 376 g/mol. The van der Waals surface area contributed by atoms with Gasteiger partial charge in [-0.1, -0.05) is 24.3 Å². The Kier molecular flexibility index (Phi) is 6.20. The van der Waals surface area contributed by atoms with Crippen molar-refractivity contribution in [1.29, 1.82) is 0 Å². The lowest BCUT2D eigenvalue weighted by Crippen LogP contribution is -2.20. The molecular formula is C21H20N4O3. The van der Waals surface area contributed by atoms with E-state index >= 15 is 0 Å². The zero-order valence-corrected chi connectivity index (χ0v) is 15.3. The van der Waals surface area contributed by atoms with E-state index < -0.39 is 0 Å². The van der Waals surface area contributed by atoms with E-state index in [1.807, 2.05) is 30.3 Å². The van der Waals surface area contributed by atoms with Crippen molar-refractivity contribution in [2.24, 2.45) is 0 Å². The molecule has 2 amide bonds. The van der Waals surface area contributed by atoms with Crippen molar-refractivity contribution in [1.82, 2.24) is 4.98 Å². The van der Waals surface area contributed by atoms with E-state index in [4.69, 9.17) is 4.74 Å². The molecule has 142 valence electrons. The van der Waals surface area contributed by atoms with Crippen molar-refractivity contribution in [3.63, 3.8) is 0 Å². The molecule has 0 spiro atoms. The number of anilines is 4. The van der Waals surface area contributed by atoms with Crippen LogP contribution in [0.1, 0.15) is 6.92 Å². The van der Waals surface area contributed by atoms with Gasteiger partial charge in [0.1, 0.15) is 11.6 Å². The number of rotatable bonds is 7. The fraction of sp³-hybridized carbons (Fsp3) is 0.0952. The van der Waals surface area contributed by atoms with Crippen LogP contribution in [-0.4, -0.2) is 23.4 Å². The number of ether oxygens (including phenoxy) is 1. The summed E-state index contributed by atoms with van der Waals surface area (Å²) in [7, 11) is 0. The molecular weight excluding hydrogens is 356 g/mol. The molecule has 0 fully saturated rings. The van der Waals surface area contributed by atoms with Crippen molar-refractivity contribution in [2.75, 3.05) is 22.6 Å². The Hall–Kier alpha value is -3.87. The summed E-state index contributed by atoms with van der Waals surface area (Å²) in [5.74, 6) is 0.844. The predicted molar refractivity (Wildman–Crippen MR) is 109 cm³/mol. The van der Waals surface area contributed by atoms with E-state index in [1.165, 1.54) is 6.92 Å². The molecule has 2 aromatic carbocycles. The molecule has 0 saturated heterocycles. The lowest BCUT2D eigenvalue weighted by Gasteiger charge is -2.10. The molecule has 7 heteroatoms. The SMILES string of the molecule is CC(=O)Nc1cccc(Nc2ccc(NC(=O)COc3ccccc3)cn2)c1. The molecule has 28 heavy (non-hydrogen) atoms. The summed E-state index contributed by atoms with van der Waals surface area (Å²) in [6.07, 6.45) is 1.56. The van der Waals surface area contributed by atoms with Crippen LogP contribution in [0.2, 0.25) is 0 Å². The number of pyridine rings is 1. The van der Waals surface area contributed by atoms with Crippen molar-refractivity contribution in [2.45, 2.75) is 6.92 Å². The van der Waals surface area contributed by atoms with Crippen LogP contribution in [0.3, 0.4) is 0 Å². The van der Waals surface area contributed by atoms with Crippen LogP contribution in [0.25, 0.3) is 0 Å². The second-order valence-corrected chi connectivity index (χ2v) is 5.97. The molecule has 7 nitrogen and oxygen atoms in total. The summed E-state index contributed by atoms with van der Waals surface area (Å²) in [6.45, 7) is 1.37. The summed E-state index contributed by atoms with van der Waals surface area (Å²) >= 11 is 0. The smallest absolute Gasteiger partial charge is 0.262 e. The maximum atomic E-state index is 12.0. The quantitative estimate of drug-likeness (QED) is 0.583. The Labute approximate surface area is 162 Å². The first kappa shape index (κ1) is 18.9. The number of nitrogens with one attached hydrogen (secondary N) is 3. The van der Waals surface area contributed by atoms with Crippen molar-refractivity contribution in [3.8, 4) is 5.75 Å². The minimum absolute atomic E-state index is 0.0834. The van der Waals surface area contributed by atoms with E-state index in [9.17, 15) is 9.59 Å². The first-order chi connectivity index (χ1) is 13.6. The van der Waals surface area contributed by atoms with Crippen LogP contribution in [0.4, 0.5) is 22.9 Å². The minimum atomic E-state index is -0.269. The highest BCUT2D eigenvalue weighted by Gasteiger charge is 2.05. The third-order valence-electron chi connectivity index (χ3n) is 3.62. The van der Waals surface area contributed by atoms with Crippen LogP contribution < -0.4 is 20.7 Å². The zero-order chi connectivity index (χ0) is 19.8. The first-order valence-electron chi connectivity index (χ1n) is 8.67. The topological polar surface area (TPSA) is 92.4 Å². The van der Waals surface area contributed by atoms with Gasteiger partial charge in [0.15, 0.2) is 6.61 Å². The van der Waals surface area contributed by atoms with Gasteiger partial charge in [-0.05, 0) is 42.5 Å². The number of amides is 2. The molecule has 0 bridgehead atoms. The second kappa shape index (κ2) is 9.18. The zero-order valence-electron chi connectivity index (χ0n) is 15.3. The lowest BCUT2D eigenvalue weighted by molar-refractivity contribution is -0.118. The molecule has 0 radical (unpaired) electrons. The summed E-state index contributed by atoms with van der Waals surface area (Å²) < 4.78 is 5.41. The van der Waals surface area contributed by atoms with Gasteiger partial charge in [0.2, 0.25) is 5.91 Å². The van der Waals surface area contributed by atoms with Gasteiger partial charge >= 0.3 is 0 Å². The average molecular weight is 376 g/mol. The van der Waals surface area contributed by atoms with Crippen LogP contribution in [-0.2, 0) is 9.59 Å². The first-order valence-corrected chi connectivity index (χ1v) is 8.67. The number of carbonyl (C=O) groups excluding carboxylic acids is 2. The molecule has 3 N–H and O–H groups in total. The number of hydrogen-bond acceptors (Lipinski definition) is 5. The molecule has 0 atom stereocenters. The molecule has 1 aromatic heterocycles. The van der Waals surface area contributed by atoms with Gasteiger partial charge < -0.3 is 20.7 Å². The fourth-order valence-electron chi connectivity index (χ4n) is 2.43. The number of benzene rings is 2. The Morgan fingerprint density at radius 1 is 0.893 bits per heavy atom. The summed E-state index contributed by atoms with van der Waals surface area (Å²) in [6, 6.07) is 19.9. The molecule has 1 heterocycles. The van der Waals surface area contributed by atoms with Gasteiger partial charge in [-0.15, -0.1) is 0 Å². The molecule has 0 aliphatic heterocycles. The minimum Gasteiger partial charge on any atom is -0.484 e. The molecule has 0 unspecified atom stereocenters.